The number of likely N-dealkylation sites (tertiary alicyclic amines) is 1. The van der Waals surface area contributed by atoms with E-state index in [4.69, 9.17) is 14.8 Å². The molecule has 0 amide bonds. The van der Waals surface area contributed by atoms with E-state index in [1.54, 1.807) is 7.11 Å². The molecule has 0 saturated carbocycles. The minimum absolute atomic E-state index is 0.635. The number of ether oxygens (including phenoxy) is 1. The zero-order valence-electron chi connectivity index (χ0n) is 24.1. The van der Waals surface area contributed by atoms with E-state index >= 15 is 0 Å². The van der Waals surface area contributed by atoms with Gasteiger partial charge in [-0.25, -0.2) is 4.98 Å². The number of nitrogens with zero attached hydrogens (tertiary/aromatic N) is 5. The Morgan fingerprint density at radius 2 is 1.70 bits per heavy atom. The van der Waals surface area contributed by atoms with Crippen molar-refractivity contribution in [3.63, 3.8) is 0 Å². The Labute approximate surface area is 249 Å². The van der Waals surface area contributed by atoms with E-state index in [1.165, 1.54) is 23.8 Å². The first-order chi connectivity index (χ1) is 21.2. The zero-order chi connectivity index (χ0) is 28.8. The number of rotatable bonds is 7. The smallest absolute Gasteiger partial charge is 0.159 e. The van der Waals surface area contributed by atoms with Crippen LogP contribution in [0.15, 0.2) is 97.3 Å². The highest BCUT2D eigenvalue weighted by atomic mass is 16.5. The van der Waals surface area contributed by atoms with Gasteiger partial charge in [-0.05, 0) is 78.3 Å². The molecule has 1 fully saturated rings. The summed E-state index contributed by atoms with van der Waals surface area (Å²) in [5.74, 6) is 1.63. The van der Waals surface area contributed by atoms with Crippen LogP contribution in [0.2, 0.25) is 0 Å². The highest BCUT2D eigenvalue weighted by molar-refractivity contribution is 6.01. The Kier molecular flexibility index (Phi) is 6.38. The Hall–Kier alpha value is -5.01. The Morgan fingerprint density at radius 3 is 2.56 bits per heavy atom. The number of fused-ring (bicyclic) bond motifs is 3. The fraction of sp³-hybridized carbons (Fsp3) is 0.194. The number of imidazole rings is 1. The first-order valence-corrected chi connectivity index (χ1v) is 14.9. The lowest BCUT2D eigenvalue weighted by atomic mass is 9.99. The molecular formula is C36H32N6O. The molecule has 7 heteroatoms. The van der Waals surface area contributed by atoms with Crippen LogP contribution in [0.25, 0.3) is 55.4 Å². The van der Waals surface area contributed by atoms with Crippen molar-refractivity contribution in [1.29, 1.82) is 0 Å². The van der Waals surface area contributed by atoms with E-state index < -0.39 is 0 Å². The fourth-order valence-corrected chi connectivity index (χ4v) is 6.41. The van der Waals surface area contributed by atoms with Crippen LogP contribution in [0.4, 0.5) is 0 Å². The first kappa shape index (κ1) is 25.7. The molecule has 1 aliphatic rings. The molecule has 212 valence electrons. The average Bonchev–Trinajstić information content (AvgIpc) is 3.81. The Balaban J connectivity index is 1.28. The normalized spacial score (nSPS) is 13.9. The van der Waals surface area contributed by atoms with Crippen molar-refractivity contribution in [2.45, 2.75) is 25.9 Å². The predicted octanol–water partition coefficient (Wildman–Crippen LogP) is 7.45. The maximum Gasteiger partial charge on any atom is 0.159 e. The fourth-order valence-electron chi connectivity index (χ4n) is 6.41. The summed E-state index contributed by atoms with van der Waals surface area (Å²) in [5.41, 5.74) is 8.58. The van der Waals surface area contributed by atoms with Crippen molar-refractivity contribution in [3.05, 3.63) is 108 Å². The third kappa shape index (κ3) is 4.72. The molecule has 4 heterocycles. The van der Waals surface area contributed by atoms with Crippen molar-refractivity contribution < 1.29 is 4.74 Å². The molecule has 0 unspecified atom stereocenters. The van der Waals surface area contributed by atoms with Crippen LogP contribution < -0.4 is 4.74 Å². The van der Waals surface area contributed by atoms with Crippen LogP contribution in [0.1, 0.15) is 24.0 Å². The highest BCUT2D eigenvalue weighted by Crippen LogP contribution is 2.35. The zero-order valence-corrected chi connectivity index (χ0v) is 24.1. The van der Waals surface area contributed by atoms with Gasteiger partial charge in [-0.3, -0.25) is 14.6 Å². The Bertz CT molecular complexity index is 2080. The second-order valence-corrected chi connectivity index (χ2v) is 11.4. The van der Waals surface area contributed by atoms with Gasteiger partial charge in [0.25, 0.3) is 0 Å². The molecule has 7 nitrogen and oxygen atoms in total. The molecule has 1 saturated heterocycles. The molecule has 0 spiro atoms. The third-order valence-corrected chi connectivity index (χ3v) is 8.63. The monoisotopic (exact) mass is 564 g/mol. The molecule has 8 rings (SSSR count). The van der Waals surface area contributed by atoms with Gasteiger partial charge < -0.3 is 9.72 Å². The van der Waals surface area contributed by atoms with Gasteiger partial charge in [0.05, 0.1) is 30.2 Å². The van der Waals surface area contributed by atoms with Crippen molar-refractivity contribution in [2.75, 3.05) is 20.2 Å². The summed E-state index contributed by atoms with van der Waals surface area (Å²) < 4.78 is 7.45. The van der Waals surface area contributed by atoms with Crippen LogP contribution in [0.5, 0.6) is 5.75 Å². The van der Waals surface area contributed by atoms with Gasteiger partial charge in [0.1, 0.15) is 11.4 Å². The number of nitrogens with one attached hydrogen (secondary N) is 1. The van der Waals surface area contributed by atoms with E-state index in [0.717, 1.165) is 80.9 Å². The second-order valence-electron chi connectivity index (χ2n) is 11.4. The summed E-state index contributed by atoms with van der Waals surface area (Å²) in [7, 11) is 1.69. The van der Waals surface area contributed by atoms with Crippen LogP contribution in [-0.2, 0) is 13.1 Å². The number of para-hydroxylation sites is 1. The van der Waals surface area contributed by atoms with Gasteiger partial charge in [0.15, 0.2) is 5.82 Å². The van der Waals surface area contributed by atoms with Gasteiger partial charge in [-0.15, -0.1) is 0 Å². The molecule has 0 bridgehead atoms. The van der Waals surface area contributed by atoms with Gasteiger partial charge in [-0.2, -0.15) is 5.10 Å². The minimum atomic E-state index is 0.635. The lowest BCUT2D eigenvalue weighted by Crippen LogP contribution is -2.18. The SMILES string of the molecule is COc1ccc(Cn2nc(-c3nc4c(CN5CCCC5)cccc4[nH]3)c3cc(-c4cncc5ccccc45)ccc32)cc1. The van der Waals surface area contributed by atoms with Crippen LogP contribution in [-0.4, -0.2) is 49.8 Å². The molecule has 7 aromatic rings. The third-order valence-electron chi connectivity index (χ3n) is 8.63. The lowest BCUT2D eigenvalue weighted by molar-refractivity contribution is 0.332. The predicted molar refractivity (Wildman–Crippen MR) is 172 cm³/mol. The lowest BCUT2D eigenvalue weighted by Gasteiger charge is -2.14. The maximum absolute atomic E-state index is 5.37. The summed E-state index contributed by atoms with van der Waals surface area (Å²) in [4.78, 5) is 15.9. The standard InChI is InChI=1S/C36H32N6O/c1-43-28-14-11-24(12-15-28)22-42-33-16-13-25(31-21-37-20-26-7-2-3-9-29(26)31)19-30(33)35(40-42)36-38-32-10-6-8-27(34(32)39-36)23-41-17-4-5-18-41/h2-3,6-16,19-21H,4-5,17-18,22-23H2,1H3,(H,38,39). The maximum atomic E-state index is 5.37. The number of methoxy groups -OCH3 is 1. The van der Waals surface area contributed by atoms with Crippen LogP contribution >= 0.6 is 0 Å². The number of hydrogen-bond acceptors (Lipinski definition) is 5. The molecule has 0 aliphatic carbocycles. The van der Waals surface area contributed by atoms with Crippen LogP contribution in [0, 0.1) is 0 Å². The molecule has 4 aromatic carbocycles. The topological polar surface area (TPSA) is 71.9 Å². The minimum Gasteiger partial charge on any atom is -0.497 e. The van der Waals surface area contributed by atoms with Crippen molar-refractivity contribution in [2.24, 2.45) is 0 Å². The average molecular weight is 565 g/mol. The van der Waals surface area contributed by atoms with Gasteiger partial charge in [-0.1, -0.05) is 54.6 Å². The number of H-pyrrole nitrogens is 1. The van der Waals surface area contributed by atoms with Crippen LogP contribution in [0.3, 0.4) is 0 Å². The summed E-state index contributed by atoms with van der Waals surface area (Å²) in [6.07, 6.45) is 6.42. The second kappa shape index (κ2) is 10.7. The van der Waals surface area contributed by atoms with E-state index in [1.807, 2.05) is 24.5 Å². The molecule has 43 heavy (non-hydrogen) atoms. The van der Waals surface area contributed by atoms with E-state index in [9.17, 15) is 0 Å². The summed E-state index contributed by atoms with van der Waals surface area (Å²) in [5, 5.41) is 8.55. The van der Waals surface area contributed by atoms with Crippen molar-refractivity contribution in [3.8, 4) is 28.4 Å². The number of aromatic amines is 1. The molecule has 0 radical (unpaired) electrons. The Morgan fingerprint density at radius 1 is 0.837 bits per heavy atom. The summed E-state index contributed by atoms with van der Waals surface area (Å²) >= 11 is 0. The molecular weight excluding hydrogens is 532 g/mol. The van der Waals surface area contributed by atoms with E-state index in [0.29, 0.717) is 6.54 Å². The quantitative estimate of drug-likeness (QED) is 0.218. The largest absolute Gasteiger partial charge is 0.497 e. The number of benzene rings is 4. The first-order valence-electron chi connectivity index (χ1n) is 14.9. The van der Waals surface area contributed by atoms with Crippen molar-refractivity contribution in [1.82, 2.24) is 29.6 Å². The van der Waals surface area contributed by atoms with E-state index in [2.05, 4.69) is 92.3 Å². The summed E-state index contributed by atoms with van der Waals surface area (Å²) in [6.45, 7) is 3.86. The number of aromatic nitrogens is 5. The molecule has 1 aliphatic heterocycles. The molecule has 0 atom stereocenters. The molecule has 1 N–H and O–H groups in total. The van der Waals surface area contributed by atoms with Gasteiger partial charge >= 0.3 is 0 Å². The van der Waals surface area contributed by atoms with Gasteiger partial charge in [0.2, 0.25) is 0 Å². The number of pyridine rings is 1. The highest BCUT2D eigenvalue weighted by Gasteiger charge is 2.20. The number of hydrogen-bond donors (Lipinski definition) is 1. The van der Waals surface area contributed by atoms with Gasteiger partial charge in [0, 0.05) is 35.3 Å². The summed E-state index contributed by atoms with van der Waals surface area (Å²) in [6, 6.07) is 29.6. The van der Waals surface area contributed by atoms with Crippen molar-refractivity contribution >= 4 is 32.7 Å². The van der Waals surface area contributed by atoms with E-state index in [-0.39, 0.29) is 0 Å². The molecule has 3 aromatic heterocycles.